The Morgan fingerprint density at radius 1 is 1.04 bits per heavy atom. The lowest BCUT2D eigenvalue weighted by molar-refractivity contribution is 0.0951. The van der Waals surface area contributed by atoms with Gasteiger partial charge in [0.05, 0.1) is 11.9 Å². The van der Waals surface area contributed by atoms with E-state index in [2.05, 4.69) is 10.0 Å². The summed E-state index contributed by atoms with van der Waals surface area (Å²) in [5, 5.41) is 2.85. The molecule has 2 N–H and O–H groups in total. The van der Waals surface area contributed by atoms with Crippen LogP contribution in [0.3, 0.4) is 0 Å². The van der Waals surface area contributed by atoms with Crippen molar-refractivity contribution in [3.63, 3.8) is 0 Å². The number of carbonyl (C=O) groups excluding carboxylic acids is 1. The van der Waals surface area contributed by atoms with Gasteiger partial charge in [0, 0.05) is 12.1 Å². The van der Waals surface area contributed by atoms with E-state index in [1.165, 1.54) is 5.56 Å². The Kier molecular flexibility index (Phi) is 5.05. The van der Waals surface area contributed by atoms with Gasteiger partial charge in [-0.05, 0) is 43.2 Å². The highest BCUT2D eigenvalue weighted by atomic mass is 32.2. The fourth-order valence-electron chi connectivity index (χ4n) is 2.11. The molecule has 5 nitrogen and oxygen atoms in total. The van der Waals surface area contributed by atoms with Crippen LogP contribution in [0.15, 0.2) is 42.5 Å². The lowest BCUT2D eigenvalue weighted by atomic mass is 10.1. The van der Waals surface area contributed by atoms with E-state index < -0.39 is 10.0 Å². The van der Waals surface area contributed by atoms with Gasteiger partial charge < -0.3 is 5.32 Å². The van der Waals surface area contributed by atoms with Crippen molar-refractivity contribution in [2.45, 2.75) is 20.4 Å². The summed E-state index contributed by atoms with van der Waals surface area (Å²) in [4.78, 5) is 12.2. The average Bonchev–Trinajstić information content (AvgIpc) is 2.47. The predicted octanol–water partition coefficient (Wildman–Crippen LogP) is 2.60. The molecule has 2 rings (SSSR count). The minimum Gasteiger partial charge on any atom is -0.348 e. The van der Waals surface area contributed by atoms with Gasteiger partial charge in [0.2, 0.25) is 10.0 Å². The zero-order valence-electron chi connectivity index (χ0n) is 13.4. The lowest BCUT2D eigenvalue weighted by Gasteiger charge is -2.10. The Labute approximate surface area is 136 Å². The number of anilines is 1. The molecule has 0 radical (unpaired) electrons. The zero-order chi connectivity index (χ0) is 17.0. The number of carbonyl (C=O) groups is 1. The lowest BCUT2D eigenvalue weighted by Crippen LogP contribution is -2.23. The third kappa shape index (κ3) is 5.10. The number of amides is 1. The van der Waals surface area contributed by atoms with Crippen LogP contribution in [0.2, 0.25) is 0 Å². The van der Waals surface area contributed by atoms with Crippen LogP contribution in [0.5, 0.6) is 0 Å². The molecule has 0 aliphatic heterocycles. The molecule has 0 fully saturated rings. The van der Waals surface area contributed by atoms with Gasteiger partial charge in [-0.25, -0.2) is 8.42 Å². The van der Waals surface area contributed by atoms with Gasteiger partial charge in [-0.15, -0.1) is 0 Å². The average molecular weight is 332 g/mol. The summed E-state index contributed by atoms with van der Waals surface area (Å²) >= 11 is 0. The maximum atomic E-state index is 12.2. The number of benzene rings is 2. The van der Waals surface area contributed by atoms with Crippen LogP contribution in [0.25, 0.3) is 0 Å². The normalized spacial score (nSPS) is 11.1. The summed E-state index contributed by atoms with van der Waals surface area (Å²) in [6.07, 6.45) is 1.09. The molecule has 0 atom stereocenters. The van der Waals surface area contributed by atoms with Crippen LogP contribution in [0.1, 0.15) is 27.0 Å². The van der Waals surface area contributed by atoms with Crippen LogP contribution in [-0.2, 0) is 16.6 Å². The Hall–Kier alpha value is -2.34. The molecule has 2 aromatic carbocycles. The predicted molar refractivity (Wildman–Crippen MR) is 92.0 cm³/mol. The Bertz CT molecular complexity index is 812. The van der Waals surface area contributed by atoms with Crippen LogP contribution >= 0.6 is 0 Å². The molecular weight excluding hydrogens is 312 g/mol. The number of hydrogen-bond acceptors (Lipinski definition) is 3. The molecule has 0 aliphatic carbocycles. The molecular formula is C17H20N2O3S. The molecule has 0 unspecified atom stereocenters. The number of sulfonamides is 1. The summed E-state index contributed by atoms with van der Waals surface area (Å²) in [6, 6.07) is 12.8. The van der Waals surface area contributed by atoms with Gasteiger partial charge in [-0.3, -0.25) is 9.52 Å². The highest BCUT2D eigenvalue weighted by Gasteiger charge is 2.10. The standard InChI is InChI=1S/C17H20N2O3S/c1-12-4-6-14(7-5-12)11-18-17(20)15-8-9-16(13(2)10-15)19-23(3,21)22/h4-10,19H,11H2,1-3H3,(H,18,20). The van der Waals surface area contributed by atoms with Crippen molar-refractivity contribution in [1.29, 1.82) is 0 Å². The topological polar surface area (TPSA) is 75.3 Å². The molecule has 0 heterocycles. The molecule has 0 saturated carbocycles. The summed E-state index contributed by atoms with van der Waals surface area (Å²) in [5.41, 5.74) is 3.86. The second-order valence-corrected chi connectivity index (χ2v) is 7.32. The molecule has 1 amide bonds. The number of hydrogen-bond donors (Lipinski definition) is 2. The van der Waals surface area contributed by atoms with Crippen LogP contribution in [-0.4, -0.2) is 20.6 Å². The van der Waals surface area contributed by atoms with Crippen molar-refractivity contribution in [3.05, 3.63) is 64.7 Å². The maximum absolute atomic E-state index is 12.2. The Morgan fingerprint density at radius 2 is 1.70 bits per heavy atom. The summed E-state index contributed by atoms with van der Waals surface area (Å²) in [6.45, 7) is 4.21. The van der Waals surface area contributed by atoms with Crippen LogP contribution < -0.4 is 10.0 Å². The molecule has 0 saturated heterocycles. The molecule has 2 aromatic rings. The van der Waals surface area contributed by atoms with E-state index in [9.17, 15) is 13.2 Å². The van der Waals surface area contributed by atoms with E-state index in [1.54, 1.807) is 25.1 Å². The molecule has 0 aliphatic rings. The van der Waals surface area contributed by atoms with Crippen molar-refractivity contribution in [1.82, 2.24) is 5.32 Å². The first-order valence-corrected chi connectivity index (χ1v) is 9.06. The Morgan fingerprint density at radius 3 is 2.26 bits per heavy atom. The molecule has 0 spiro atoms. The minimum absolute atomic E-state index is 0.195. The first-order valence-electron chi connectivity index (χ1n) is 7.17. The van der Waals surface area contributed by atoms with Gasteiger partial charge in [0.25, 0.3) is 5.91 Å². The second kappa shape index (κ2) is 6.83. The Balaban J connectivity index is 2.05. The van der Waals surface area contributed by atoms with Gasteiger partial charge >= 0.3 is 0 Å². The molecule has 0 bridgehead atoms. The smallest absolute Gasteiger partial charge is 0.251 e. The van der Waals surface area contributed by atoms with Crippen molar-refractivity contribution >= 4 is 21.6 Å². The highest BCUT2D eigenvalue weighted by Crippen LogP contribution is 2.17. The van der Waals surface area contributed by atoms with Crippen molar-refractivity contribution in [3.8, 4) is 0 Å². The quantitative estimate of drug-likeness (QED) is 0.884. The van der Waals surface area contributed by atoms with E-state index in [1.807, 2.05) is 31.2 Å². The summed E-state index contributed by atoms with van der Waals surface area (Å²) in [7, 11) is -3.33. The van der Waals surface area contributed by atoms with Gasteiger partial charge in [-0.2, -0.15) is 0 Å². The number of aryl methyl sites for hydroxylation is 2. The van der Waals surface area contributed by atoms with Gasteiger partial charge in [0.15, 0.2) is 0 Å². The largest absolute Gasteiger partial charge is 0.348 e. The van der Waals surface area contributed by atoms with Crippen LogP contribution in [0, 0.1) is 13.8 Å². The SMILES string of the molecule is Cc1ccc(CNC(=O)c2ccc(NS(C)(=O)=O)c(C)c2)cc1. The van der Waals surface area contributed by atoms with Crippen molar-refractivity contribution in [2.24, 2.45) is 0 Å². The third-order valence-corrected chi connectivity index (χ3v) is 3.95. The van der Waals surface area contributed by atoms with E-state index in [0.29, 0.717) is 23.4 Å². The maximum Gasteiger partial charge on any atom is 0.251 e. The first-order chi connectivity index (χ1) is 10.7. The van der Waals surface area contributed by atoms with E-state index >= 15 is 0 Å². The van der Waals surface area contributed by atoms with Crippen molar-refractivity contribution < 1.29 is 13.2 Å². The third-order valence-electron chi connectivity index (χ3n) is 3.36. The van der Waals surface area contributed by atoms with Gasteiger partial charge in [0.1, 0.15) is 0 Å². The highest BCUT2D eigenvalue weighted by molar-refractivity contribution is 7.92. The van der Waals surface area contributed by atoms with E-state index in [4.69, 9.17) is 0 Å². The van der Waals surface area contributed by atoms with Crippen molar-refractivity contribution in [2.75, 3.05) is 11.0 Å². The van der Waals surface area contributed by atoms with E-state index in [0.717, 1.165) is 11.8 Å². The molecule has 0 aromatic heterocycles. The monoisotopic (exact) mass is 332 g/mol. The second-order valence-electron chi connectivity index (χ2n) is 5.57. The molecule has 122 valence electrons. The fourth-order valence-corrected chi connectivity index (χ4v) is 2.74. The minimum atomic E-state index is -3.33. The summed E-state index contributed by atoms with van der Waals surface area (Å²) in [5.74, 6) is -0.195. The number of nitrogens with one attached hydrogen (secondary N) is 2. The first kappa shape index (κ1) is 17.0. The number of rotatable bonds is 5. The summed E-state index contributed by atoms with van der Waals surface area (Å²) < 4.78 is 24.9. The van der Waals surface area contributed by atoms with Crippen LogP contribution in [0.4, 0.5) is 5.69 Å². The van der Waals surface area contributed by atoms with Gasteiger partial charge in [-0.1, -0.05) is 29.8 Å². The van der Waals surface area contributed by atoms with E-state index in [-0.39, 0.29) is 5.91 Å². The zero-order valence-corrected chi connectivity index (χ0v) is 14.2. The fraction of sp³-hybridized carbons (Fsp3) is 0.235. The molecule has 23 heavy (non-hydrogen) atoms. The molecule has 6 heteroatoms.